The standard InChI is InChI=1S/C15H21BrClFN2O/c1-9(2)10(5-6-19)3-4-14(21)20-15-12(16)7-11(18)8-13(15)17/h7-10H,3-6,19H2,1-2H3,(H,20,21). The van der Waals surface area contributed by atoms with E-state index in [0.717, 1.165) is 12.8 Å². The molecule has 0 saturated heterocycles. The largest absolute Gasteiger partial charge is 0.330 e. The van der Waals surface area contributed by atoms with Crippen LogP contribution in [0.4, 0.5) is 10.1 Å². The molecule has 1 atom stereocenters. The Bertz CT molecular complexity index is 474. The van der Waals surface area contributed by atoms with Crippen LogP contribution in [0.5, 0.6) is 0 Å². The van der Waals surface area contributed by atoms with Crippen LogP contribution in [0.3, 0.4) is 0 Å². The van der Waals surface area contributed by atoms with Gasteiger partial charge in [0.15, 0.2) is 0 Å². The molecule has 21 heavy (non-hydrogen) atoms. The molecule has 1 rings (SSSR count). The predicted octanol–water partition coefficient (Wildman–Crippen LogP) is 4.58. The second kappa shape index (κ2) is 8.71. The number of rotatable bonds is 7. The molecule has 3 N–H and O–H groups in total. The first-order valence-corrected chi connectivity index (χ1v) is 8.16. The Morgan fingerprint density at radius 3 is 2.62 bits per heavy atom. The van der Waals surface area contributed by atoms with E-state index >= 15 is 0 Å². The van der Waals surface area contributed by atoms with Gasteiger partial charge in [-0.05, 0) is 59.3 Å². The Morgan fingerprint density at radius 2 is 2.10 bits per heavy atom. The lowest BCUT2D eigenvalue weighted by atomic mass is 9.88. The van der Waals surface area contributed by atoms with Gasteiger partial charge in [0, 0.05) is 10.9 Å². The van der Waals surface area contributed by atoms with Crippen molar-refractivity contribution in [3.8, 4) is 0 Å². The van der Waals surface area contributed by atoms with Gasteiger partial charge in [-0.3, -0.25) is 4.79 Å². The zero-order chi connectivity index (χ0) is 16.0. The smallest absolute Gasteiger partial charge is 0.224 e. The summed E-state index contributed by atoms with van der Waals surface area (Å²) in [5, 5.41) is 2.90. The molecule has 3 nitrogen and oxygen atoms in total. The van der Waals surface area contributed by atoms with Crippen molar-refractivity contribution in [2.24, 2.45) is 17.6 Å². The fourth-order valence-electron chi connectivity index (χ4n) is 2.21. The van der Waals surface area contributed by atoms with E-state index in [2.05, 4.69) is 35.1 Å². The first-order chi connectivity index (χ1) is 9.85. The van der Waals surface area contributed by atoms with E-state index < -0.39 is 5.82 Å². The number of carbonyl (C=O) groups excluding carboxylic acids is 1. The van der Waals surface area contributed by atoms with Crippen molar-refractivity contribution >= 4 is 39.1 Å². The fraction of sp³-hybridized carbons (Fsp3) is 0.533. The third kappa shape index (κ3) is 5.93. The van der Waals surface area contributed by atoms with Gasteiger partial charge in [-0.1, -0.05) is 25.4 Å². The highest BCUT2D eigenvalue weighted by Crippen LogP contribution is 2.32. The van der Waals surface area contributed by atoms with Gasteiger partial charge in [0.1, 0.15) is 5.82 Å². The van der Waals surface area contributed by atoms with Gasteiger partial charge in [0.05, 0.1) is 10.7 Å². The van der Waals surface area contributed by atoms with E-state index in [1.54, 1.807) is 0 Å². The molecule has 0 saturated carbocycles. The second-order valence-corrected chi connectivity index (χ2v) is 6.67. The van der Waals surface area contributed by atoms with Crippen LogP contribution in [0, 0.1) is 17.7 Å². The summed E-state index contributed by atoms with van der Waals surface area (Å²) in [6.45, 7) is 4.89. The van der Waals surface area contributed by atoms with Gasteiger partial charge in [-0.25, -0.2) is 4.39 Å². The van der Waals surface area contributed by atoms with Crippen LogP contribution in [-0.2, 0) is 4.79 Å². The van der Waals surface area contributed by atoms with Crippen molar-refractivity contribution < 1.29 is 9.18 Å². The van der Waals surface area contributed by atoms with Crippen LogP contribution in [0.25, 0.3) is 0 Å². The van der Waals surface area contributed by atoms with Crippen LogP contribution in [0.15, 0.2) is 16.6 Å². The Hall–Kier alpha value is -0.650. The number of amides is 1. The number of anilines is 1. The van der Waals surface area contributed by atoms with Crippen molar-refractivity contribution in [1.82, 2.24) is 0 Å². The van der Waals surface area contributed by atoms with E-state index in [1.165, 1.54) is 12.1 Å². The van der Waals surface area contributed by atoms with Crippen molar-refractivity contribution in [3.05, 3.63) is 27.4 Å². The third-order valence-corrected chi connectivity index (χ3v) is 4.42. The molecule has 0 fully saturated rings. The van der Waals surface area contributed by atoms with Gasteiger partial charge in [0.2, 0.25) is 5.91 Å². The molecular weight excluding hydrogens is 359 g/mol. The SMILES string of the molecule is CC(C)C(CCN)CCC(=O)Nc1c(Cl)cc(F)cc1Br. The molecule has 0 aliphatic heterocycles. The van der Waals surface area contributed by atoms with Crippen molar-refractivity contribution in [1.29, 1.82) is 0 Å². The normalized spacial score (nSPS) is 12.5. The van der Waals surface area contributed by atoms with Gasteiger partial charge >= 0.3 is 0 Å². The molecule has 0 aliphatic rings. The van der Waals surface area contributed by atoms with E-state index in [1.807, 2.05) is 0 Å². The molecular formula is C15H21BrClFN2O. The summed E-state index contributed by atoms with van der Waals surface area (Å²) in [6, 6.07) is 2.44. The highest BCUT2D eigenvalue weighted by molar-refractivity contribution is 9.10. The average molecular weight is 380 g/mol. The van der Waals surface area contributed by atoms with Gasteiger partial charge in [-0.2, -0.15) is 0 Å². The average Bonchev–Trinajstić information content (AvgIpc) is 2.38. The Morgan fingerprint density at radius 1 is 1.43 bits per heavy atom. The van der Waals surface area contributed by atoms with E-state index in [9.17, 15) is 9.18 Å². The molecule has 0 aromatic heterocycles. The number of hydrogen-bond donors (Lipinski definition) is 2. The first-order valence-electron chi connectivity index (χ1n) is 6.99. The number of nitrogens with two attached hydrogens (primary N) is 1. The lowest BCUT2D eigenvalue weighted by molar-refractivity contribution is -0.116. The number of nitrogens with one attached hydrogen (secondary N) is 1. The number of carbonyl (C=O) groups is 1. The molecule has 1 amide bonds. The van der Waals surface area contributed by atoms with Crippen LogP contribution in [0.1, 0.15) is 33.1 Å². The minimum absolute atomic E-state index is 0.133. The zero-order valence-corrected chi connectivity index (χ0v) is 14.6. The van der Waals surface area contributed by atoms with Crippen molar-refractivity contribution in [2.45, 2.75) is 33.1 Å². The molecule has 1 unspecified atom stereocenters. The topological polar surface area (TPSA) is 55.1 Å². The molecule has 0 aliphatic carbocycles. The maximum atomic E-state index is 13.1. The van der Waals surface area contributed by atoms with E-state index in [-0.39, 0.29) is 10.9 Å². The highest BCUT2D eigenvalue weighted by atomic mass is 79.9. The van der Waals surface area contributed by atoms with Crippen LogP contribution < -0.4 is 11.1 Å². The molecule has 6 heteroatoms. The molecule has 0 radical (unpaired) electrons. The molecule has 0 spiro atoms. The second-order valence-electron chi connectivity index (χ2n) is 5.41. The highest BCUT2D eigenvalue weighted by Gasteiger charge is 2.16. The first kappa shape index (κ1) is 18.4. The maximum absolute atomic E-state index is 13.1. The minimum Gasteiger partial charge on any atom is -0.330 e. The lowest BCUT2D eigenvalue weighted by Crippen LogP contribution is -2.18. The zero-order valence-electron chi connectivity index (χ0n) is 12.3. The van der Waals surface area contributed by atoms with Crippen molar-refractivity contribution in [3.63, 3.8) is 0 Å². The summed E-state index contributed by atoms with van der Waals surface area (Å²) >= 11 is 9.14. The lowest BCUT2D eigenvalue weighted by Gasteiger charge is -2.19. The van der Waals surface area contributed by atoms with Crippen LogP contribution in [0.2, 0.25) is 5.02 Å². The minimum atomic E-state index is -0.451. The summed E-state index contributed by atoms with van der Waals surface area (Å²) in [4.78, 5) is 12.0. The molecule has 118 valence electrons. The number of hydrogen-bond acceptors (Lipinski definition) is 2. The molecule has 0 heterocycles. The Kier molecular flexibility index (Phi) is 7.63. The van der Waals surface area contributed by atoms with Crippen LogP contribution in [-0.4, -0.2) is 12.5 Å². The summed E-state index contributed by atoms with van der Waals surface area (Å²) in [6.07, 6.45) is 2.08. The monoisotopic (exact) mass is 378 g/mol. The van der Waals surface area contributed by atoms with Gasteiger partial charge < -0.3 is 11.1 Å². The maximum Gasteiger partial charge on any atom is 0.224 e. The summed E-state index contributed by atoms with van der Waals surface area (Å²) in [7, 11) is 0. The number of halogens is 3. The predicted molar refractivity (Wildman–Crippen MR) is 89.0 cm³/mol. The fourth-order valence-corrected chi connectivity index (χ4v) is 3.10. The Labute approximate surface area is 138 Å². The number of benzene rings is 1. The molecule has 0 bridgehead atoms. The van der Waals surface area contributed by atoms with E-state index in [4.69, 9.17) is 17.3 Å². The summed E-state index contributed by atoms with van der Waals surface area (Å²) in [5.41, 5.74) is 6.00. The summed E-state index contributed by atoms with van der Waals surface area (Å²) < 4.78 is 13.6. The van der Waals surface area contributed by atoms with Gasteiger partial charge in [0.25, 0.3) is 0 Å². The van der Waals surface area contributed by atoms with Crippen LogP contribution >= 0.6 is 27.5 Å². The van der Waals surface area contributed by atoms with Gasteiger partial charge in [-0.15, -0.1) is 0 Å². The van der Waals surface area contributed by atoms with E-state index in [0.29, 0.717) is 35.0 Å². The van der Waals surface area contributed by atoms with Crippen molar-refractivity contribution in [2.75, 3.05) is 11.9 Å². The Balaban J connectivity index is 2.62. The molecule has 1 aromatic rings. The molecule has 1 aromatic carbocycles. The third-order valence-electron chi connectivity index (χ3n) is 3.49. The quantitative estimate of drug-likeness (QED) is 0.728. The summed E-state index contributed by atoms with van der Waals surface area (Å²) in [5.74, 6) is 0.329.